The number of nitrogens with zero attached hydrogens (tertiary/aromatic N) is 3. The summed E-state index contributed by atoms with van der Waals surface area (Å²) < 4.78 is 10.2. The highest BCUT2D eigenvalue weighted by atomic mass is 16.8. The van der Waals surface area contributed by atoms with Crippen molar-refractivity contribution in [2.45, 2.75) is 12.8 Å². The van der Waals surface area contributed by atoms with E-state index in [1.54, 1.807) is 32.0 Å². The van der Waals surface area contributed by atoms with Crippen LogP contribution in [0.3, 0.4) is 0 Å². The number of esters is 1. The number of morpholine rings is 1. The van der Waals surface area contributed by atoms with E-state index in [4.69, 9.17) is 14.8 Å². The number of nitrogens with one attached hydrogen (secondary N) is 1. The largest absolute Gasteiger partial charge is 0.461 e. The summed E-state index contributed by atoms with van der Waals surface area (Å²) in [5, 5.41) is 15.5. The van der Waals surface area contributed by atoms with E-state index in [-0.39, 0.29) is 6.61 Å². The van der Waals surface area contributed by atoms with Crippen LogP contribution in [0.4, 0.5) is 0 Å². The van der Waals surface area contributed by atoms with E-state index >= 15 is 0 Å². The average Bonchev–Trinajstić information content (AvgIpc) is 2.40. The molecule has 1 unspecified atom stereocenters. The van der Waals surface area contributed by atoms with Crippen LogP contribution in [0.5, 0.6) is 0 Å². The van der Waals surface area contributed by atoms with Crippen LogP contribution in [-0.4, -0.2) is 62.9 Å². The smallest absolute Gasteiger partial charge is 0.371 e. The Hall–Kier alpha value is -1.69. The van der Waals surface area contributed by atoms with Crippen molar-refractivity contribution in [3.8, 4) is 6.07 Å². The molecule has 1 aliphatic rings. The minimum absolute atomic E-state index is 0.163. The summed E-state index contributed by atoms with van der Waals surface area (Å²) in [5.74, 6) is -1.95. The van der Waals surface area contributed by atoms with Gasteiger partial charge >= 0.3 is 11.9 Å². The first-order valence-corrected chi connectivity index (χ1v) is 5.91. The Labute approximate surface area is 111 Å². The quantitative estimate of drug-likeness (QED) is 0.305. The second-order valence-corrected chi connectivity index (χ2v) is 4.00. The Morgan fingerprint density at radius 1 is 1.63 bits per heavy atom. The number of oxime groups is 1. The van der Waals surface area contributed by atoms with Gasteiger partial charge in [0.05, 0.1) is 19.8 Å². The van der Waals surface area contributed by atoms with Crippen LogP contribution in [0.1, 0.15) is 6.92 Å². The summed E-state index contributed by atoms with van der Waals surface area (Å²) in [6, 6.07) is 1.64. The number of nitriles is 1. The van der Waals surface area contributed by atoms with Crippen molar-refractivity contribution in [3.05, 3.63) is 0 Å². The lowest BCUT2D eigenvalue weighted by atomic mass is 10.3. The number of likely N-dealkylation sites (N-methyl/N-ethyl adjacent to an activating group) is 1. The Kier molecular flexibility index (Phi) is 5.69. The van der Waals surface area contributed by atoms with Gasteiger partial charge in [0.25, 0.3) is 5.71 Å². The summed E-state index contributed by atoms with van der Waals surface area (Å²) in [6.45, 7) is 3.31. The van der Waals surface area contributed by atoms with Gasteiger partial charge in [0.1, 0.15) is 6.07 Å². The first-order valence-electron chi connectivity index (χ1n) is 5.91. The molecule has 1 N–H and O–H groups in total. The van der Waals surface area contributed by atoms with Gasteiger partial charge in [0.2, 0.25) is 0 Å². The van der Waals surface area contributed by atoms with Gasteiger partial charge in [-0.3, -0.25) is 0 Å². The lowest BCUT2D eigenvalue weighted by Crippen LogP contribution is -2.59. The number of hydrogen-bond donors (Lipinski definition) is 1. The summed E-state index contributed by atoms with van der Waals surface area (Å²) in [6.07, 6.45) is 0. The van der Waals surface area contributed by atoms with Crippen molar-refractivity contribution in [1.29, 1.82) is 5.26 Å². The molecule has 0 aromatic carbocycles. The van der Waals surface area contributed by atoms with E-state index < -0.39 is 17.6 Å². The second kappa shape index (κ2) is 7.04. The third kappa shape index (κ3) is 3.89. The average molecular weight is 270 g/mol. The van der Waals surface area contributed by atoms with Gasteiger partial charge in [0.15, 0.2) is 0 Å². The highest BCUT2D eigenvalue weighted by Crippen LogP contribution is 2.18. The van der Waals surface area contributed by atoms with E-state index in [9.17, 15) is 4.79 Å². The lowest BCUT2D eigenvalue weighted by molar-refractivity contribution is -0.314. The van der Waals surface area contributed by atoms with Crippen LogP contribution in [0, 0.1) is 11.3 Å². The van der Waals surface area contributed by atoms with Gasteiger partial charge in [-0.1, -0.05) is 5.16 Å². The molecule has 8 heteroatoms. The minimum atomic E-state index is -1.13. The van der Waals surface area contributed by atoms with Crippen molar-refractivity contribution in [2.24, 2.45) is 5.16 Å². The van der Waals surface area contributed by atoms with E-state index in [0.717, 1.165) is 0 Å². The molecule has 0 saturated carbocycles. The van der Waals surface area contributed by atoms with Crippen LogP contribution in [-0.2, 0) is 19.1 Å². The highest BCUT2D eigenvalue weighted by Gasteiger charge is 2.39. The van der Waals surface area contributed by atoms with Crippen molar-refractivity contribution < 1.29 is 19.1 Å². The second-order valence-electron chi connectivity index (χ2n) is 4.00. The molecule has 1 heterocycles. The van der Waals surface area contributed by atoms with Crippen LogP contribution in [0.15, 0.2) is 5.16 Å². The fourth-order valence-electron chi connectivity index (χ4n) is 1.43. The van der Waals surface area contributed by atoms with Crippen molar-refractivity contribution in [1.82, 2.24) is 10.2 Å². The van der Waals surface area contributed by atoms with Crippen LogP contribution in [0.2, 0.25) is 0 Å². The Morgan fingerprint density at radius 2 is 2.37 bits per heavy atom. The van der Waals surface area contributed by atoms with Gasteiger partial charge in [0, 0.05) is 6.54 Å². The van der Waals surface area contributed by atoms with Gasteiger partial charge in [-0.25, -0.2) is 9.69 Å². The first-order chi connectivity index (χ1) is 9.05. The molecule has 19 heavy (non-hydrogen) atoms. The topological polar surface area (TPSA) is 96.2 Å². The molecule has 0 amide bonds. The molecule has 0 aromatic heterocycles. The molecule has 0 spiro atoms. The van der Waals surface area contributed by atoms with Crippen LogP contribution < -0.4 is 5.32 Å². The van der Waals surface area contributed by atoms with Gasteiger partial charge in [-0.15, -0.1) is 0 Å². The molecule has 0 aliphatic carbocycles. The predicted octanol–water partition coefficient (Wildman–Crippen LogP) is -0.719. The third-order valence-corrected chi connectivity index (χ3v) is 2.49. The van der Waals surface area contributed by atoms with Gasteiger partial charge in [-0.05, 0) is 21.0 Å². The third-order valence-electron chi connectivity index (χ3n) is 2.49. The maximum absolute atomic E-state index is 11.4. The monoisotopic (exact) mass is 270 g/mol. The maximum atomic E-state index is 11.4. The molecule has 106 valence electrons. The molecule has 0 aromatic rings. The summed E-state index contributed by atoms with van der Waals surface area (Å²) >= 11 is 0. The number of hydrogen-bond acceptors (Lipinski definition) is 8. The fourth-order valence-corrected chi connectivity index (χ4v) is 1.43. The van der Waals surface area contributed by atoms with E-state index in [1.165, 1.54) is 0 Å². The Balaban J connectivity index is 2.79. The molecule has 1 aliphatic heterocycles. The molecular formula is C11H18N4O4. The zero-order valence-electron chi connectivity index (χ0n) is 11.3. The van der Waals surface area contributed by atoms with E-state index in [2.05, 4.69) is 15.2 Å². The molecule has 1 atom stereocenters. The molecule has 8 nitrogen and oxygen atoms in total. The Morgan fingerprint density at radius 3 is 2.84 bits per heavy atom. The van der Waals surface area contributed by atoms with Crippen molar-refractivity contribution >= 4 is 11.7 Å². The van der Waals surface area contributed by atoms with Gasteiger partial charge in [-0.2, -0.15) is 5.26 Å². The molecule has 1 saturated heterocycles. The van der Waals surface area contributed by atoms with E-state index in [1.807, 2.05) is 0 Å². The summed E-state index contributed by atoms with van der Waals surface area (Å²) in [5.41, 5.74) is -0.447. The van der Waals surface area contributed by atoms with Crippen LogP contribution >= 0.6 is 0 Å². The Bertz CT molecular complexity index is 383. The molecule has 0 bridgehead atoms. The lowest BCUT2D eigenvalue weighted by Gasteiger charge is -2.39. The standard InChI is InChI=1S/C11H18N4O4/c1-4-17-10(16)9(7-12)14-19-11(15(2)3)8-13-5-6-18-11/h13H,4-6,8H2,1-3H3/b14-9+. The van der Waals surface area contributed by atoms with Crippen LogP contribution in [0.25, 0.3) is 0 Å². The first kappa shape index (κ1) is 15.4. The van der Waals surface area contributed by atoms with Gasteiger partial charge < -0.3 is 19.6 Å². The number of carbonyl (C=O) groups excluding carboxylic acids is 1. The molecule has 1 fully saturated rings. The number of carbonyl (C=O) groups is 1. The fraction of sp³-hybridized carbons (Fsp3) is 0.727. The van der Waals surface area contributed by atoms with Crippen molar-refractivity contribution in [2.75, 3.05) is 40.4 Å². The number of ether oxygens (including phenoxy) is 2. The molecular weight excluding hydrogens is 252 g/mol. The number of rotatable bonds is 5. The van der Waals surface area contributed by atoms with E-state index in [0.29, 0.717) is 19.7 Å². The predicted molar refractivity (Wildman–Crippen MR) is 66.0 cm³/mol. The normalized spacial score (nSPS) is 23.8. The molecule has 0 radical (unpaired) electrons. The maximum Gasteiger partial charge on any atom is 0.371 e. The minimum Gasteiger partial charge on any atom is -0.461 e. The highest BCUT2D eigenvalue weighted by molar-refractivity contribution is 6.42. The zero-order valence-corrected chi connectivity index (χ0v) is 11.3. The zero-order chi connectivity index (χ0) is 14.3. The summed E-state index contributed by atoms with van der Waals surface area (Å²) in [7, 11) is 3.50. The summed E-state index contributed by atoms with van der Waals surface area (Å²) in [4.78, 5) is 18.3. The molecule has 1 rings (SSSR count). The SMILES string of the molecule is CCOC(=O)/C(C#N)=N/OC1(N(C)C)CNCCO1. The van der Waals surface area contributed by atoms with Crippen molar-refractivity contribution in [3.63, 3.8) is 0 Å².